The van der Waals surface area contributed by atoms with Crippen molar-refractivity contribution in [3.8, 4) is 11.5 Å². The average Bonchev–Trinajstić information content (AvgIpc) is 2.53. The van der Waals surface area contributed by atoms with Gasteiger partial charge in [-0.2, -0.15) is 0 Å². The third kappa shape index (κ3) is 3.95. The van der Waals surface area contributed by atoms with Gasteiger partial charge >= 0.3 is 0 Å². The first-order chi connectivity index (χ1) is 10.1. The SMILES string of the molecule is COc1ccc(CCC(O)c2cc(F)ccc2OC)cc1. The van der Waals surface area contributed by atoms with Crippen LogP contribution in [0.15, 0.2) is 42.5 Å². The van der Waals surface area contributed by atoms with Crippen LogP contribution in [0.1, 0.15) is 23.7 Å². The molecule has 2 aromatic carbocycles. The molecule has 4 heteroatoms. The zero-order valence-corrected chi connectivity index (χ0v) is 12.2. The lowest BCUT2D eigenvalue weighted by Crippen LogP contribution is -2.03. The Morgan fingerprint density at radius 1 is 1.05 bits per heavy atom. The van der Waals surface area contributed by atoms with Gasteiger partial charge in [0.1, 0.15) is 17.3 Å². The maximum atomic E-state index is 13.3. The molecule has 0 aliphatic heterocycles. The number of aliphatic hydroxyl groups is 1. The fourth-order valence-corrected chi connectivity index (χ4v) is 2.22. The van der Waals surface area contributed by atoms with Crippen molar-refractivity contribution in [2.24, 2.45) is 0 Å². The van der Waals surface area contributed by atoms with Gasteiger partial charge in [0.05, 0.1) is 20.3 Å². The zero-order valence-electron chi connectivity index (χ0n) is 12.2. The van der Waals surface area contributed by atoms with Crippen LogP contribution < -0.4 is 9.47 Å². The Morgan fingerprint density at radius 3 is 2.38 bits per heavy atom. The molecule has 0 saturated heterocycles. The molecule has 1 atom stereocenters. The lowest BCUT2D eigenvalue weighted by molar-refractivity contribution is 0.163. The molecule has 112 valence electrons. The molecule has 0 bridgehead atoms. The fourth-order valence-electron chi connectivity index (χ4n) is 2.22. The number of hydrogen-bond donors (Lipinski definition) is 1. The third-order valence-corrected chi connectivity index (χ3v) is 3.42. The van der Waals surface area contributed by atoms with Crippen LogP contribution >= 0.6 is 0 Å². The van der Waals surface area contributed by atoms with Crippen LogP contribution in [0.25, 0.3) is 0 Å². The van der Waals surface area contributed by atoms with E-state index in [0.29, 0.717) is 24.2 Å². The van der Waals surface area contributed by atoms with Gasteiger partial charge in [-0.05, 0) is 48.7 Å². The Hall–Kier alpha value is -2.07. The van der Waals surface area contributed by atoms with Crippen molar-refractivity contribution in [2.45, 2.75) is 18.9 Å². The highest BCUT2D eigenvalue weighted by Gasteiger charge is 2.14. The summed E-state index contributed by atoms with van der Waals surface area (Å²) in [4.78, 5) is 0. The summed E-state index contributed by atoms with van der Waals surface area (Å²) in [5.41, 5.74) is 1.57. The van der Waals surface area contributed by atoms with Crippen LogP contribution in [-0.4, -0.2) is 19.3 Å². The summed E-state index contributed by atoms with van der Waals surface area (Å²) in [6.07, 6.45) is 0.412. The summed E-state index contributed by atoms with van der Waals surface area (Å²) in [5.74, 6) is 0.916. The second kappa shape index (κ2) is 7.09. The zero-order chi connectivity index (χ0) is 15.2. The molecule has 2 rings (SSSR count). The first-order valence-corrected chi connectivity index (χ1v) is 6.78. The maximum absolute atomic E-state index is 13.3. The van der Waals surface area contributed by atoms with E-state index in [1.807, 2.05) is 24.3 Å². The second-order valence-electron chi connectivity index (χ2n) is 4.79. The number of halogens is 1. The van der Waals surface area contributed by atoms with E-state index < -0.39 is 6.10 Å². The van der Waals surface area contributed by atoms with Gasteiger partial charge < -0.3 is 14.6 Å². The molecule has 21 heavy (non-hydrogen) atoms. The van der Waals surface area contributed by atoms with Crippen molar-refractivity contribution in [1.82, 2.24) is 0 Å². The quantitative estimate of drug-likeness (QED) is 0.885. The third-order valence-electron chi connectivity index (χ3n) is 3.42. The monoisotopic (exact) mass is 290 g/mol. The van der Waals surface area contributed by atoms with Gasteiger partial charge in [0, 0.05) is 5.56 Å². The first kappa shape index (κ1) is 15.3. The van der Waals surface area contributed by atoms with Crippen molar-refractivity contribution in [2.75, 3.05) is 14.2 Å². The van der Waals surface area contributed by atoms with E-state index in [9.17, 15) is 9.50 Å². The smallest absolute Gasteiger partial charge is 0.124 e. The average molecular weight is 290 g/mol. The predicted octanol–water partition coefficient (Wildman–Crippen LogP) is 3.51. The minimum atomic E-state index is -0.766. The molecule has 0 aliphatic rings. The van der Waals surface area contributed by atoms with Crippen molar-refractivity contribution in [1.29, 1.82) is 0 Å². The predicted molar refractivity (Wildman–Crippen MR) is 79.2 cm³/mol. The van der Waals surface area contributed by atoms with E-state index in [-0.39, 0.29) is 5.82 Å². The second-order valence-corrected chi connectivity index (χ2v) is 4.79. The summed E-state index contributed by atoms with van der Waals surface area (Å²) in [6.45, 7) is 0. The highest BCUT2D eigenvalue weighted by Crippen LogP contribution is 2.29. The van der Waals surface area contributed by atoms with Crippen molar-refractivity contribution in [3.63, 3.8) is 0 Å². The highest BCUT2D eigenvalue weighted by molar-refractivity contribution is 5.36. The summed E-state index contributed by atoms with van der Waals surface area (Å²) in [7, 11) is 3.13. The van der Waals surface area contributed by atoms with Crippen LogP contribution in [0.2, 0.25) is 0 Å². The van der Waals surface area contributed by atoms with Gasteiger partial charge in [0.15, 0.2) is 0 Å². The Labute approximate surface area is 124 Å². The van der Waals surface area contributed by atoms with Crippen LogP contribution in [0.3, 0.4) is 0 Å². The molecule has 0 heterocycles. The van der Waals surface area contributed by atoms with E-state index in [4.69, 9.17) is 9.47 Å². The molecule has 0 fully saturated rings. The van der Waals surface area contributed by atoms with Crippen LogP contribution in [-0.2, 0) is 6.42 Å². The molecule has 0 spiro atoms. The normalized spacial score (nSPS) is 12.0. The lowest BCUT2D eigenvalue weighted by atomic mass is 10.0. The molecule has 1 N–H and O–H groups in total. The molecule has 2 aromatic rings. The first-order valence-electron chi connectivity index (χ1n) is 6.78. The molecule has 1 unspecified atom stereocenters. The summed E-state index contributed by atoms with van der Waals surface area (Å²) in [5, 5.41) is 10.2. The number of ether oxygens (including phenoxy) is 2. The van der Waals surface area contributed by atoms with E-state index in [0.717, 1.165) is 11.3 Å². The molecule has 0 saturated carbocycles. The van der Waals surface area contributed by atoms with Gasteiger partial charge in [0.2, 0.25) is 0 Å². The van der Waals surface area contributed by atoms with E-state index >= 15 is 0 Å². The Balaban J connectivity index is 2.03. The van der Waals surface area contributed by atoms with E-state index in [2.05, 4.69) is 0 Å². The van der Waals surface area contributed by atoms with Gasteiger partial charge in [0.25, 0.3) is 0 Å². The number of hydrogen-bond acceptors (Lipinski definition) is 3. The Morgan fingerprint density at radius 2 is 1.76 bits per heavy atom. The van der Waals surface area contributed by atoms with Crippen molar-refractivity contribution < 1.29 is 19.0 Å². The van der Waals surface area contributed by atoms with Crippen molar-refractivity contribution in [3.05, 3.63) is 59.4 Å². The van der Waals surface area contributed by atoms with Crippen LogP contribution in [0, 0.1) is 5.82 Å². The van der Waals surface area contributed by atoms with Crippen LogP contribution in [0.5, 0.6) is 11.5 Å². The molecule has 0 amide bonds. The highest BCUT2D eigenvalue weighted by atomic mass is 19.1. The lowest BCUT2D eigenvalue weighted by Gasteiger charge is -2.15. The minimum Gasteiger partial charge on any atom is -0.497 e. The largest absolute Gasteiger partial charge is 0.497 e. The van der Waals surface area contributed by atoms with Gasteiger partial charge in [-0.25, -0.2) is 4.39 Å². The fraction of sp³-hybridized carbons (Fsp3) is 0.294. The molecule has 0 aliphatic carbocycles. The minimum absolute atomic E-state index is 0.380. The molecule has 0 radical (unpaired) electrons. The van der Waals surface area contributed by atoms with E-state index in [1.54, 1.807) is 7.11 Å². The molecule has 3 nitrogen and oxygen atoms in total. The molecular formula is C17H19FO3. The topological polar surface area (TPSA) is 38.7 Å². The number of rotatable bonds is 6. The van der Waals surface area contributed by atoms with Gasteiger partial charge in [-0.3, -0.25) is 0 Å². The summed E-state index contributed by atoms with van der Waals surface area (Å²) < 4.78 is 23.6. The summed E-state index contributed by atoms with van der Waals surface area (Å²) >= 11 is 0. The molecule has 0 aromatic heterocycles. The standard InChI is InChI=1S/C17H19FO3/c1-20-14-7-3-12(4-8-14)5-9-16(19)15-11-13(18)6-10-17(15)21-2/h3-4,6-8,10-11,16,19H,5,9H2,1-2H3. The number of aliphatic hydroxyl groups excluding tert-OH is 1. The molecular weight excluding hydrogens is 271 g/mol. The van der Waals surface area contributed by atoms with Gasteiger partial charge in [-0.1, -0.05) is 12.1 Å². The summed E-state index contributed by atoms with van der Waals surface area (Å²) in [6, 6.07) is 11.8. The maximum Gasteiger partial charge on any atom is 0.124 e. The van der Waals surface area contributed by atoms with Crippen LogP contribution in [0.4, 0.5) is 4.39 Å². The van der Waals surface area contributed by atoms with E-state index in [1.165, 1.54) is 25.3 Å². The Kier molecular flexibility index (Phi) is 5.17. The number of benzene rings is 2. The number of aryl methyl sites for hydroxylation is 1. The number of methoxy groups -OCH3 is 2. The van der Waals surface area contributed by atoms with Gasteiger partial charge in [-0.15, -0.1) is 0 Å². The van der Waals surface area contributed by atoms with Crippen molar-refractivity contribution >= 4 is 0 Å². The Bertz CT molecular complexity index is 581.